The molecule has 8 heterocycles. The molecule has 0 unspecified atom stereocenters. The van der Waals surface area contributed by atoms with Crippen molar-refractivity contribution in [2.75, 3.05) is 20.0 Å². The highest BCUT2D eigenvalue weighted by molar-refractivity contribution is 7.08. The maximum absolute atomic E-state index is 7.88. The predicted octanol–water partition coefficient (Wildman–Crippen LogP) is 15.8. The molecule has 8 aliphatic heterocycles. The van der Waals surface area contributed by atoms with E-state index in [1.54, 1.807) is 0 Å². The molecule has 0 spiro atoms. The van der Waals surface area contributed by atoms with E-state index >= 15 is 0 Å². The topological polar surface area (TPSA) is 40.2 Å². The Bertz CT molecular complexity index is 6150. The van der Waals surface area contributed by atoms with E-state index < -0.39 is 16.1 Å². The molecule has 0 fully saturated rings. The first-order valence-corrected chi connectivity index (χ1v) is 43.7. The third-order valence-electron chi connectivity index (χ3n) is 25.5. The van der Waals surface area contributed by atoms with Crippen molar-refractivity contribution in [3.8, 4) is 56.4 Å². The average molecular weight is 1390 g/mol. The number of fused-ring (bicyclic) bond motifs is 16. The highest BCUT2D eigenvalue weighted by Gasteiger charge is 2.53. The molecular formula is C94H81B3N4O2Si2. The van der Waals surface area contributed by atoms with Gasteiger partial charge in [0.15, 0.2) is 0 Å². The van der Waals surface area contributed by atoms with Crippen LogP contribution in [0.3, 0.4) is 0 Å². The number of anilines is 11. The van der Waals surface area contributed by atoms with E-state index in [0.717, 1.165) is 62.0 Å². The van der Waals surface area contributed by atoms with Gasteiger partial charge < -0.3 is 29.5 Å². The summed E-state index contributed by atoms with van der Waals surface area (Å²) < 4.78 is 15.6. The van der Waals surface area contributed by atoms with Crippen LogP contribution in [0.25, 0.3) is 33.4 Å². The van der Waals surface area contributed by atoms with E-state index in [-0.39, 0.29) is 20.1 Å². The lowest BCUT2D eigenvalue weighted by Gasteiger charge is -2.49. The minimum Gasteiger partial charge on any atom is -0.458 e. The molecule has 0 aromatic heterocycles. The maximum Gasteiger partial charge on any atom is 0.260 e. The molecule has 0 bridgehead atoms. The van der Waals surface area contributed by atoms with Gasteiger partial charge >= 0.3 is 0 Å². The van der Waals surface area contributed by atoms with E-state index in [2.05, 4.69) is 323 Å². The van der Waals surface area contributed by atoms with Crippen LogP contribution >= 0.6 is 0 Å². The number of ether oxygens (including phenoxy) is 2. The molecule has 0 saturated carbocycles. The second-order valence-electron chi connectivity index (χ2n) is 33.2. The number of hydrogen-bond acceptors (Lipinski definition) is 6. The predicted molar refractivity (Wildman–Crippen MR) is 454 cm³/mol. The van der Waals surface area contributed by atoms with Gasteiger partial charge in [-0.15, -0.1) is 0 Å². The molecule has 0 saturated heterocycles. The van der Waals surface area contributed by atoms with Crippen LogP contribution < -0.4 is 99.4 Å². The zero-order valence-electron chi connectivity index (χ0n) is 62.9. The summed E-state index contributed by atoms with van der Waals surface area (Å²) in [4.78, 5) is 8.02. The van der Waals surface area contributed by atoms with Crippen LogP contribution in [-0.4, -0.2) is 36.3 Å². The zero-order valence-corrected chi connectivity index (χ0v) is 64.9. The molecular weight excluding hydrogens is 1310 g/mol. The van der Waals surface area contributed by atoms with Crippen molar-refractivity contribution in [2.24, 2.45) is 0 Å². The molecule has 13 aromatic rings. The molecule has 1 N–H and O–H groups in total. The molecule has 105 heavy (non-hydrogen) atoms. The minimum atomic E-state index is -2.29. The molecule has 0 atom stereocenters. The van der Waals surface area contributed by atoms with Crippen molar-refractivity contribution in [3.05, 3.63) is 261 Å². The van der Waals surface area contributed by atoms with Crippen molar-refractivity contribution in [1.29, 1.82) is 0 Å². The van der Waals surface area contributed by atoms with Crippen molar-refractivity contribution in [3.63, 3.8) is 0 Å². The second-order valence-corrected chi connectivity index (χ2v) is 41.8. The van der Waals surface area contributed by atoms with Crippen LogP contribution in [0.1, 0.15) is 66.8 Å². The van der Waals surface area contributed by atoms with Gasteiger partial charge in [0.25, 0.3) is 20.1 Å². The standard InChI is InChI=1S/C94H81B3N4O2Si2/c1-49-31-53(5)86(54(6)32-49)61-39-71-89-75(40-61)99-72-25-17-19-27-82(72)104(13,14)84-29-21-23-64(93(84)99)95(89)66-45-68-78(47-70(66)98-71)102-80-43-63(88-57(9)35-51(3)36-58(88)10)44-81-91(80)97(68)69-46-67-74(48-79(69)103-81)101(92-59(11)37-52(4)38-60(92)12)77-42-62(87-55(7)33-50(2)34-56(87)8)41-76-90(77)96(67)65-24-22-30-85-94(65)100(76)73-26-18-20-28-83(73)105(85,15)16/h17-48,98H,1-16H3. The number of nitrogens with one attached hydrogen (secondary N) is 1. The molecule has 0 radical (unpaired) electrons. The van der Waals surface area contributed by atoms with Crippen molar-refractivity contribution >= 4 is 169 Å². The summed E-state index contributed by atoms with van der Waals surface area (Å²) in [5, 5.41) is 10.1. The van der Waals surface area contributed by atoms with Crippen molar-refractivity contribution < 1.29 is 9.47 Å². The summed E-state index contributed by atoms with van der Waals surface area (Å²) in [5.41, 5.74) is 47.1. The normalized spacial score (nSPS) is 15.1. The first-order chi connectivity index (χ1) is 50.5. The number of benzene rings is 13. The lowest BCUT2D eigenvalue weighted by atomic mass is 9.29. The summed E-state index contributed by atoms with van der Waals surface area (Å²) >= 11 is 0. The van der Waals surface area contributed by atoms with Crippen LogP contribution in [0.2, 0.25) is 26.2 Å². The first kappa shape index (κ1) is 62.8. The zero-order chi connectivity index (χ0) is 71.8. The van der Waals surface area contributed by atoms with Crippen LogP contribution in [-0.2, 0) is 0 Å². The Hall–Kier alpha value is -10.7. The molecule has 8 aliphatic rings. The monoisotopic (exact) mass is 1390 g/mol. The van der Waals surface area contributed by atoms with E-state index in [0.29, 0.717) is 0 Å². The summed E-state index contributed by atoms with van der Waals surface area (Å²) in [7, 11) is -4.54. The van der Waals surface area contributed by atoms with Gasteiger partial charge in [0.05, 0.1) is 5.69 Å². The fourth-order valence-electron chi connectivity index (χ4n) is 21.8. The number of aryl methyl sites for hydroxylation is 12. The Morgan fingerprint density at radius 2 is 0.657 bits per heavy atom. The fourth-order valence-corrected chi connectivity index (χ4v) is 27.8. The Kier molecular flexibility index (Phi) is 12.9. The number of rotatable bonds is 4. The SMILES string of the molecule is Cc1cc(C)c(-c2cc3c4c(c2)Oc2cc5c(cc2B4c2cc4c(cc2O3)Nc2cc(-c3c(C)cc(C)cc3C)cc3c2B4c2cccc4c2N3c2ccccc2[Si]4(C)C)B2c3cccc4c3N(c3ccccc3[Si]4(C)C)c3cc(-c4c(C)cc(C)cc4C)cc(c32)N5c2c(C)cc(C)cc2C)c(C)c1. The Morgan fingerprint density at radius 3 is 1.14 bits per heavy atom. The third-order valence-corrected chi connectivity index (χ3v) is 32.5. The van der Waals surface area contributed by atoms with E-state index in [1.165, 1.54) is 194 Å². The Morgan fingerprint density at radius 1 is 0.276 bits per heavy atom. The van der Waals surface area contributed by atoms with E-state index in [1.807, 2.05) is 0 Å². The lowest BCUT2D eigenvalue weighted by molar-refractivity contribution is 0.465. The van der Waals surface area contributed by atoms with Gasteiger partial charge in [-0.05, 0) is 274 Å². The quantitative estimate of drug-likeness (QED) is 0.177. The lowest BCUT2D eigenvalue weighted by Crippen LogP contribution is -2.68. The van der Waals surface area contributed by atoms with E-state index in [4.69, 9.17) is 9.47 Å². The molecule has 11 heteroatoms. The molecule has 0 aliphatic carbocycles. The van der Waals surface area contributed by atoms with Crippen molar-refractivity contribution in [2.45, 2.75) is 109 Å². The highest BCUT2D eigenvalue weighted by Crippen LogP contribution is 2.52. The minimum absolute atomic E-state index is 0.0973. The Labute approximate surface area is 620 Å². The summed E-state index contributed by atoms with van der Waals surface area (Å²) in [6.07, 6.45) is 0. The average Bonchev–Trinajstić information content (AvgIpc) is 0.684. The van der Waals surface area contributed by atoms with Gasteiger partial charge in [0.1, 0.15) is 39.1 Å². The van der Waals surface area contributed by atoms with Gasteiger partial charge in [-0.2, -0.15) is 0 Å². The summed E-state index contributed by atoms with van der Waals surface area (Å²) in [6.45, 7) is 37.0. The summed E-state index contributed by atoms with van der Waals surface area (Å²) in [6, 6.07) is 76.9. The van der Waals surface area contributed by atoms with Gasteiger partial charge in [0, 0.05) is 74.5 Å². The third kappa shape index (κ3) is 8.45. The van der Waals surface area contributed by atoms with Crippen LogP contribution in [0.4, 0.5) is 62.6 Å². The highest BCUT2D eigenvalue weighted by atomic mass is 28.3. The number of hydrogen-bond donors (Lipinski definition) is 1. The van der Waals surface area contributed by atoms with Crippen molar-refractivity contribution in [1.82, 2.24) is 0 Å². The number of nitrogens with zero attached hydrogens (tertiary/aromatic N) is 3. The summed E-state index contributed by atoms with van der Waals surface area (Å²) in [5.74, 6) is 3.38. The van der Waals surface area contributed by atoms with Crippen LogP contribution in [0.15, 0.2) is 194 Å². The van der Waals surface area contributed by atoms with Crippen LogP contribution in [0.5, 0.6) is 23.0 Å². The molecule has 0 amide bonds. The molecule has 13 aromatic carbocycles. The van der Waals surface area contributed by atoms with Gasteiger partial charge in [-0.1, -0.05) is 182 Å². The second kappa shape index (κ2) is 21.5. The Balaban J connectivity index is 0.852. The van der Waals surface area contributed by atoms with E-state index in [9.17, 15) is 0 Å². The van der Waals surface area contributed by atoms with Crippen LogP contribution in [0, 0.1) is 83.1 Å². The van der Waals surface area contributed by atoms with Gasteiger partial charge in [-0.25, -0.2) is 0 Å². The molecule has 21 rings (SSSR count). The fraction of sp³-hybridized carbons (Fsp3) is 0.170. The van der Waals surface area contributed by atoms with Gasteiger partial charge in [-0.3, -0.25) is 0 Å². The smallest absolute Gasteiger partial charge is 0.260 e. The van der Waals surface area contributed by atoms with Gasteiger partial charge in [0.2, 0.25) is 0 Å². The maximum atomic E-state index is 7.88. The molecule has 506 valence electrons. The largest absolute Gasteiger partial charge is 0.458 e. The first-order valence-electron chi connectivity index (χ1n) is 37.7. The molecule has 6 nitrogen and oxygen atoms in total. The number of para-hydroxylation sites is 4.